The third-order valence-electron chi connectivity index (χ3n) is 5.25. The molecule has 32 heavy (non-hydrogen) atoms. The molecule has 0 aliphatic rings. The van der Waals surface area contributed by atoms with Crippen LogP contribution < -0.4 is 10.7 Å². The highest BCUT2D eigenvalue weighted by Gasteiger charge is 2.13. The zero-order chi connectivity index (χ0) is 22.5. The van der Waals surface area contributed by atoms with Gasteiger partial charge in [-0.2, -0.15) is 5.10 Å². The van der Waals surface area contributed by atoms with Crippen LogP contribution in [0.5, 0.6) is 0 Å². The summed E-state index contributed by atoms with van der Waals surface area (Å²) in [5.41, 5.74) is 7.63. The van der Waals surface area contributed by atoms with Crippen molar-refractivity contribution in [1.29, 1.82) is 0 Å². The van der Waals surface area contributed by atoms with Crippen molar-refractivity contribution in [3.63, 3.8) is 0 Å². The summed E-state index contributed by atoms with van der Waals surface area (Å²) < 4.78 is 3.20. The van der Waals surface area contributed by atoms with E-state index in [-0.39, 0.29) is 12.5 Å². The van der Waals surface area contributed by atoms with Crippen molar-refractivity contribution in [1.82, 2.24) is 9.99 Å². The van der Waals surface area contributed by atoms with E-state index in [1.165, 1.54) is 0 Å². The number of hydrogen-bond donors (Lipinski definition) is 2. The van der Waals surface area contributed by atoms with Crippen LogP contribution in [-0.2, 0) is 11.3 Å². The number of hydrazone groups is 1. The van der Waals surface area contributed by atoms with Gasteiger partial charge in [-0.1, -0.05) is 63.9 Å². The molecule has 4 rings (SSSR count). The van der Waals surface area contributed by atoms with E-state index in [1.54, 1.807) is 6.21 Å². The largest absolute Gasteiger partial charge is 0.376 e. The molecular formula is C25H22BrClN4O. The molecule has 1 amide bonds. The number of carbonyl (C=O) groups excluding carboxylic acids is 1. The number of anilines is 1. The fourth-order valence-electron chi connectivity index (χ4n) is 3.58. The number of benzene rings is 3. The van der Waals surface area contributed by atoms with Crippen molar-refractivity contribution < 1.29 is 4.79 Å². The predicted molar refractivity (Wildman–Crippen MR) is 136 cm³/mol. The van der Waals surface area contributed by atoms with Crippen LogP contribution in [0.1, 0.15) is 16.8 Å². The summed E-state index contributed by atoms with van der Waals surface area (Å²) >= 11 is 9.78. The molecule has 0 bridgehead atoms. The Morgan fingerprint density at radius 2 is 1.78 bits per heavy atom. The summed E-state index contributed by atoms with van der Waals surface area (Å²) in [6, 6.07) is 23.6. The van der Waals surface area contributed by atoms with Crippen molar-refractivity contribution in [3.8, 4) is 0 Å². The van der Waals surface area contributed by atoms with Gasteiger partial charge in [0.25, 0.3) is 5.91 Å². The Morgan fingerprint density at radius 3 is 2.56 bits per heavy atom. The van der Waals surface area contributed by atoms with Crippen LogP contribution in [0.25, 0.3) is 10.9 Å². The number of para-hydroxylation sites is 1. The fourth-order valence-corrected chi connectivity index (χ4v) is 4.04. The minimum atomic E-state index is -0.221. The van der Waals surface area contributed by atoms with Gasteiger partial charge < -0.3 is 9.88 Å². The molecule has 0 unspecified atom stereocenters. The van der Waals surface area contributed by atoms with E-state index in [0.717, 1.165) is 42.9 Å². The molecule has 1 aromatic heterocycles. The lowest BCUT2D eigenvalue weighted by Crippen LogP contribution is -2.25. The average molecular weight is 510 g/mol. The molecule has 0 atom stereocenters. The first-order valence-electron chi connectivity index (χ1n) is 10.2. The van der Waals surface area contributed by atoms with Crippen molar-refractivity contribution in [2.45, 2.75) is 13.5 Å². The molecular weight excluding hydrogens is 488 g/mol. The van der Waals surface area contributed by atoms with Gasteiger partial charge in [-0.25, -0.2) is 5.43 Å². The van der Waals surface area contributed by atoms with Gasteiger partial charge in [0.05, 0.1) is 12.8 Å². The number of nitrogens with one attached hydrogen (secondary N) is 2. The minimum absolute atomic E-state index is 0.131. The standard InChI is InChI=1S/C25H22BrClN4O/c1-17-22(14-29-30-25(32)15-28-20-12-10-19(26)11-13-20)21-7-3-5-9-24(21)31(17)16-18-6-2-4-8-23(18)27/h2-14,28H,15-16H2,1H3,(H,30,32)/b29-14-. The molecule has 0 fully saturated rings. The van der Waals surface area contributed by atoms with Gasteiger partial charge in [-0.15, -0.1) is 0 Å². The molecule has 4 aromatic rings. The summed E-state index contributed by atoms with van der Waals surface area (Å²) in [7, 11) is 0. The van der Waals surface area contributed by atoms with Gasteiger partial charge in [-0.05, 0) is 48.9 Å². The summed E-state index contributed by atoms with van der Waals surface area (Å²) in [6.07, 6.45) is 1.71. The Kier molecular flexibility index (Phi) is 6.93. The van der Waals surface area contributed by atoms with Crippen molar-refractivity contribution >= 4 is 56.2 Å². The zero-order valence-corrected chi connectivity index (χ0v) is 19.8. The van der Waals surface area contributed by atoms with E-state index < -0.39 is 0 Å². The highest BCUT2D eigenvalue weighted by molar-refractivity contribution is 9.10. The third kappa shape index (κ3) is 5.03. The molecule has 0 aliphatic carbocycles. The van der Waals surface area contributed by atoms with Crippen molar-refractivity contribution in [2.24, 2.45) is 5.10 Å². The van der Waals surface area contributed by atoms with E-state index in [9.17, 15) is 4.79 Å². The Labute approximate surface area is 200 Å². The number of fused-ring (bicyclic) bond motifs is 1. The highest BCUT2D eigenvalue weighted by Crippen LogP contribution is 2.27. The first kappa shape index (κ1) is 22.1. The van der Waals surface area contributed by atoms with Gasteiger partial charge in [0.1, 0.15) is 0 Å². The molecule has 2 N–H and O–H groups in total. The number of halogens is 2. The fraction of sp³-hybridized carbons (Fsp3) is 0.120. The van der Waals surface area contributed by atoms with Crippen LogP contribution in [0.4, 0.5) is 5.69 Å². The Hall–Kier alpha value is -3.09. The maximum Gasteiger partial charge on any atom is 0.259 e. The second-order valence-electron chi connectivity index (χ2n) is 7.35. The number of hydrogen-bond acceptors (Lipinski definition) is 3. The molecule has 162 valence electrons. The second-order valence-corrected chi connectivity index (χ2v) is 8.67. The van der Waals surface area contributed by atoms with Crippen LogP contribution in [0.15, 0.2) is 82.4 Å². The number of aromatic nitrogens is 1. The molecule has 0 spiro atoms. The maximum atomic E-state index is 12.2. The Morgan fingerprint density at radius 1 is 1.06 bits per heavy atom. The molecule has 3 aromatic carbocycles. The second kappa shape index (κ2) is 10.0. The molecule has 0 radical (unpaired) electrons. The summed E-state index contributed by atoms with van der Waals surface area (Å²) in [4.78, 5) is 12.2. The van der Waals surface area contributed by atoms with E-state index in [0.29, 0.717) is 6.54 Å². The number of rotatable bonds is 7. The average Bonchev–Trinajstić information content (AvgIpc) is 3.06. The first-order valence-corrected chi connectivity index (χ1v) is 11.3. The SMILES string of the molecule is Cc1c(/C=N\NC(=O)CNc2ccc(Br)cc2)c2ccccc2n1Cc1ccccc1Cl. The zero-order valence-electron chi connectivity index (χ0n) is 17.5. The smallest absolute Gasteiger partial charge is 0.259 e. The normalized spacial score (nSPS) is 11.2. The lowest BCUT2D eigenvalue weighted by Gasteiger charge is -2.10. The molecule has 7 heteroatoms. The molecule has 5 nitrogen and oxygen atoms in total. The lowest BCUT2D eigenvalue weighted by molar-refractivity contribution is -0.119. The summed E-state index contributed by atoms with van der Waals surface area (Å²) in [5, 5.41) is 9.09. The summed E-state index contributed by atoms with van der Waals surface area (Å²) in [6.45, 7) is 2.84. The highest BCUT2D eigenvalue weighted by atomic mass is 79.9. The number of nitrogens with zero attached hydrogens (tertiary/aromatic N) is 2. The van der Waals surface area contributed by atoms with Crippen LogP contribution in [-0.4, -0.2) is 23.2 Å². The molecule has 1 heterocycles. The lowest BCUT2D eigenvalue weighted by atomic mass is 10.1. The number of carbonyl (C=O) groups is 1. The van der Waals surface area contributed by atoms with Crippen LogP contribution >= 0.6 is 27.5 Å². The monoisotopic (exact) mass is 508 g/mol. The van der Waals surface area contributed by atoms with Crippen LogP contribution in [0, 0.1) is 6.92 Å². The quantitative estimate of drug-likeness (QED) is 0.238. The molecule has 0 saturated heterocycles. The Bertz CT molecular complexity index is 1280. The predicted octanol–water partition coefficient (Wildman–Crippen LogP) is 5.98. The Balaban J connectivity index is 1.49. The van der Waals surface area contributed by atoms with Gasteiger partial charge in [0, 0.05) is 43.9 Å². The summed E-state index contributed by atoms with van der Waals surface area (Å²) in [5.74, 6) is -0.221. The van der Waals surface area contributed by atoms with Gasteiger partial charge >= 0.3 is 0 Å². The van der Waals surface area contributed by atoms with Gasteiger partial charge in [0.15, 0.2) is 0 Å². The topological polar surface area (TPSA) is 58.4 Å². The van der Waals surface area contributed by atoms with E-state index >= 15 is 0 Å². The minimum Gasteiger partial charge on any atom is -0.376 e. The van der Waals surface area contributed by atoms with Gasteiger partial charge in [0.2, 0.25) is 0 Å². The van der Waals surface area contributed by atoms with Crippen molar-refractivity contribution in [2.75, 3.05) is 11.9 Å². The van der Waals surface area contributed by atoms with Crippen molar-refractivity contribution in [3.05, 3.63) is 99.1 Å². The number of amides is 1. The maximum absolute atomic E-state index is 12.2. The van der Waals surface area contributed by atoms with Crippen LogP contribution in [0.2, 0.25) is 5.02 Å². The van der Waals surface area contributed by atoms with E-state index in [4.69, 9.17) is 11.6 Å². The van der Waals surface area contributed by atoms with Crippen LogP contribution in [0.3, 0.4) is 0 Å². The molecule has 0 saturated carbocycles. The first-order chi connectivity index (χ1) is 15.5. The van der Waals surface area contributed by atoms with E-state index in [2.05, 4.69) is 55.4 Å². The molecule has 0 aliphatic heterocycles. The third-order valence-corrected chi connectivity index (χ3v) is 6.14. The van der Waals surface area contributed by atoms with E-state index in [1.807, 2.05) is 60.7 Å². The van der Waals surface area contributed by atoms with Gasteiger partial charge in [-0.3, -0.25) is 4.79 Å².